The van der Waals surface area contributed by atoms with Crippen LogP contribution in [-0.2, 0) is 12.8 Å². The predicted octanol–water partition coefficient (Wildman–Crippen LogP) is 3.71. The maximum absolute atomic E-state index is 13.5. The Kier molecular flexibility index (Phi) is 5.63. The monoisotopic (exact) mass is 367 g/mol. The van der Waals surface area contributed by atoms with Crippen LogP contribution in [0.25, 0.3) is 0 Å². The van der Waals surface area contributed by atoms with Crippen LogP contribution in [0.4, 0.5) is 19.0 Å². The van der Waals surface area contributed by atoms with Crippen molar-refractivity contribution in [2.45, 2.75) is 38.3 Å². The largest absolute Gasteiger partial charge is 0.488 e. The summed E-state index contributed by atoms with van der Waals surface area (Å²) in [7, 11) is 0. The molecule has 1 saturated carbocycles. The van der Waals surface area contributed by atoms with Crippen LogP contribution in [0.3, 0.4) is 0 Å². The van der Waals surface area contributed by atoms with Gasteiger partial charge in [0.05, 0.1) is 0 Å². The molecule has 1 fully saturated rings. The van der Waals surface area contributed by atoms with Crippen LogP contribution in [0, 0.1) is 5.92 Å². The molecule has 1 aromatic heterocycles. The number of halogens is 3. The van der Waals surface area contributed by atoms with Gasteiger partial charge in [-0.3, -0.25) is 0 Å². The molecule has 1 aromatic carbocycles. The summed E-state index contributed by atoms with van der Waals surface area (Å²) in [6.07, 6.45) is -1.82. The number of nitrogens with zero attached hydrogens (tertiary/aromatic N) is 1. The van der Waals surface area contributed by atoms with Gasteiger partial charge in [0.25, 0.3) is 0 Å². The van der Waals surface area contributed by atoms with Crippen molar-refractivity contribution in [2.24, 2.45) is 5.92 Å². The van der Waals surface area contributed by atoms with E-state index in [1.165, 1.54) is 12.3 Å². The number of aliphatic hydroxyl groups excluding tert-OH is 1. The summed E-state index contributed by atoms with van der Waals surface area (Å²) in [6.45, 7) is 0.00507. The SMILES string of the molecule is OC(CC1CC1)NNc1nccc(OCc2ccccc2)c1C(F)(F)F. The van der Waals surface area contributed by atoms with E-state index in [1.54, 1.807) is 24.3 Å². The second kappa shape index (κ2) is 7.92. The van der Waals surface area contributed by atoms with Crippen molar-refractivity contribution in [2.75, 3.05) is 5.43 Å². The summed E-state index contributed by atoms with van der Waals surface area (Å²) in [4.78, 5) is 3.74. The van der Waals surface area contributed by atoms with Gasteiger partial charge in [-0.2, -0.15) is 13.2 Å². The number of pyridine rings is 1. The van der Waals surface area contributed by atoms with Crippen molar-refractivity contribution in [1.29, 1.82) is 0 Å². The Balaban J connectivity index is 1.73. The van der Waals surface area contributed by atoms with E-state index in [4.69, 9.17) is 4.74 Å². The molecule has 0 radical (unpaired) electrons. The van der Waals surface area contributed by atoms with Crippen LogP contribution in [0.15, 0.2) is 42.6 Å². The summed E-state index contributed by atoms with van der Waals surface area (Å²) < 4.78 is 46.0. The van der Waals surface area contributed by atoms with E-state index < -0.39 is 23.8 Å². The van der Waals surface area contributed by atoms with Gasteiger partial charge in [-0.25, -0.2) is 10.4 Å². The van der Waals surface area contributed by atoms with Crippen molar-refractivity contribution < 1.29 is 23.0 Å². The molecule has 1 unspecified atom stereocenters. The summed E-state index contributed by atoms with van der Waals surface area (Å²) in [5.41, 5.74) is 4.59. The van der Waals surface area contributed by atoms with Crippen LogP contribution in [0.2, 0.25) is 0 Å². The zero-order chi connectivity index (χ0) is 18.6. The molecule has 1 heterocycles. The van der Waals surface area contributed by atoms with Crippen molar-refractivity contribution in [1.82, 2.24) is 10.4 Å². The molecule has 2 aromatic rings. The molecule has 3 N–H and O–H groups in total. The molecule has 3 rings (SSSR count). The number of alkyl halides is 3. The van der Waals surface area contributed by atoms with E-state index in [9.17, 15) is 18.3 Å². The molecule has 1 aliphatic rings. The molecule has 8 heteroatoms. The van der Waals surface area contributed by atoms with E-state index in [0.29, 0.717) is 12.3 Å². The fraction of sp³-hybridized carbons (Fsp3) is 0.389. The van der Waals surface area contributed by atoms with E-state index in [0.717, 1.165) is 18.4 Å². The summed E-state index contributed by atoms with van der Waals surface area (Å²) in [6, 6.07) is 10.1. The second-order valence-electron chi connectivity index (χ2n) is 6.27. The fourth-order valence-corrected chi connectivity index (χ4v) is 2.55. The standard InChI is InChI=1S/C18H20F3N3O2/c19-18(20,21)16-14(26-11-13-4-2-1-3-5-13)8-9-22-17(16)24-23-15(25)10-12-6-7-12/h1-5,8-9,12,15,23,25H,6-7,10-11H2,(H,22,24). The Morgan fingerprint density at radius 1 is 1.19 bits per heavy atom. The van der Waals surface area contributed by atoms with Gasteiger partial charge in [0.2, 0.25) is 0 Å². The molecule has 0 saturated heterocycles. The lowest BCUT2D eigenvalue weighted by atomic mass is 10.2. The predicted molar refractivity (Wildman–Crippen MR) is 90.1 cm³/mol. The molecule has 5 nitrogen and oxygen atoms in total. The number of nitrogens with one attached hydrogen (secondary N) is 2. The maximum Gasteiger partial charge on any atom is 0.423 e. The number of aromatic nitrogens is 1. The summed E-state index contributed by atoms with van der Waals surface area (Å²) in [5, 5.41) is 9.82. The number of hydrogen-bond acceptors (Lipinski definition) is 5. The van der Waals surface area contributed by atoms with Crippen LogP contribution < -0.4 is 15.6 Å². The van der Waals surface area contributed by atoms with Gasteiger partial charge in [0, 0.05) is 6.20 Å². The first kappa shape index (κ1) is 18.5. The normalized spacial score (nSPS) is 15.5. The van der Waals surface area contributed by atoms with Crippen molar-refractivity contribution in [3.63, 3.8) is 0 Å². The number of anilines is 1. The van der Waals surface area contributed by atoms with Gasteiger partial charge in [0.1, 0.15) is 24.1 Å². The first-order chi connectivity index (χ1) is 12.4. The van der Waals surface area contributed by atoms with Gasteiger partial charge in [-0.1, -0.05) is 43.2 Å². The van der Waals surface area contributed by atoms with Crippen molar-refractivity contribution in [3.8, 4) is 5.75 Å². The van der Waals surface area contributed by atoms with E-state index in [1.807, 2.05) is 6.07 Å². The molecular weight excluding hydrogens is 347 g/mol. The summed E-state index contributed by atoms with van der Waals surface area (Å²) >= 11 is 0. The molecule has 0 amide bonds. The van der Waals surface area contributed by atoms with Crippen molar-refractivity contribution >= 4 is 5.82 Å². The van der Waals surface area contributed by atoms with Gasteiger partial charge in [-0.15, -0.1) is 0 Å². The Morgan fingerprint density at radius 3 is 2.58 bits per heavy atom. The third kappa shape index (κ3) is 5.09. The van der Waals surface area contributed by atoms with Crippen LogP contribution in [0.1, 0.15) is 30.4 Å². The van der Waals surface area contributed by atoms with E-state index in [-0.39, 0.29) is 12.4 Å². The number of hydrazine groups is 1. The molecule has 0 aliphatic heterocycles. The molecule has 0 bridgehead atoms. The third-order valence-corrected chi connectivity index (χ3v) is 4.04. The third-order valence-electron chi connectivity index (χ3n) is 4.04. The van der Waals surface area contributed by atoms with Crippen LogP contribution in [0.5, 0.6) is 5.75 Å². The molecule has 140 valence electrons. The second-order valence-corrected chi connectivity index (χ2v) is 6.27. The maximum atomic E-state index is 13.5. The lowest BCUT2D eigenvalue weighted by Crippen LogP contribution is -2.35. The lowest BCUT2D eigenvalue weighted by molar-refractivity contribution is -0.138. The number of rotatable bonds is 8. The number of hydrogen-bond donors (Lipinski definition) is 3. The highest BCUT2D eigenvalue weighted by Gasteiger charge is 2.38. The smallest absolute Gasteiger partial charge is 0.423 e. The van der Waals surface area contributed by atoms with Crippen molar-refractivity contribution in [3.05, 3.63) is 53.7 Å². The van der Waals surface area contributed by atoms with Crippen LogP contribution in [-0.4, -0.2) is 16.3 Å². The molecule has 0 spiro atoms. The highest BCUT2D eigenvalue weighted by molar-refractivity contribution is 5.53. The Labute approximate surface area is 149 Å². The van der Waals surface area contributed by atoms with E-state index >= 15 is 0 Å². The molecule has 1 aliphatic carbocycles. The zero-order valence-electron chi connectivity index (χ0n) is 14.0. The minimum Gasteiger partial charge on any atom is -0.488 e. The number of aliphatic hydroxyl groups is 1. The summed E-state index contributed by atoms with van der Waals surface area (Å²) in [5.74, 6) is -0.329. The van der Waals surface area contributed by atoms with Gasteiger partial charge >= 0.3 is 6.18 Å². The van der Waals surface area contributed by atoms with Gasteiger partial charge < -0.3 is 15.3 Å². The molecule has 26 heavy (non-hydrogen) atoms. The number of benzene rings is 1. The average molecular weight is 367 g/mol. The Morgan fingerprint density at radius 2 is 1.92 bits per heavy atom. The first-order valence-corrected chi connectivity index (χ1v) is 8.36. The van der Waals surface area contributed by atoms with Crippen LogP contribution >= 0.6 is 0 Å². The minimum atomic E-state index is -4.66. The van der Waals surface area contributed by atoms with Gasteiger partial charge in [-0.05, 0) is 24.0 Å². The van der Waals surface area contributed by atoms with E-state index in [2.05, 4.69) is 15.8 Å². The Bertz CT molecular complexity index is 721. The average Bonchev–Trinajstić information content (AvgIpc) is 3.42. The Hall–Kier alpha value is -2.32. The zero-order valence-corrected chi connectivity index (χ0v) is 14.0. The quantitative estimate of drug-likeness (QED) is 0.490. The minimum absolute atomic E-state index is 0.00507. The highest BCUT2D eigenvalue weighted by atomic mass is 19.4. The highest BCUT2D eigenvalue weighted by Crippen LogP contribution is 2.40. The lowest BCUT2D eigenvalue weighted by Gasteiger charge is -2.20. The fourth-order valence-electron chi connectivity index (χ4n) is 2.55. The number of ether oxygens (including phenoxy) is 1. The topological polar surface area (TPSA) is 66.4 Å². The molecular formula is C18H20F3N3O2. The molecule has 1 atom stereocenters. The van der Waals surface area contributed by atoms with Gasteiger partial charge in [0.15, 0.2) is 5.82 Å². The first-order valence-electron chi connectivity index (χ1n) is 8.36.